The van der Waals surface area contributed by atoms with Gasteiger partial charge in [0.25, 0.3) is 0 Å². The van der Waals surface area contributed by atoms with Crippen LogP contribution in [0.4, 0.5) is 0 Å². The molecule has 3 heteroatoms. The Labute approximate surface area is 105 Å². The summed E-state index contributed by atoms with van der Waals surface area (Å²) in [6, 6.07) is 4.13. The third-order valence-electron chi connectivity index (χ3n) is 2.91. The van der Waals surface area contributed by atoms with Gasteiger partial charge in [0.2, 0.25) is 0 Å². The number of nitrogens with zero attached hydrogens (tertiary/aromatic N) is 2. The fraction of sp³-hybridized carbons (Fsp3) is 0.643. The van der Waals surface area contributed by atoms with Crippen molar-refractivity contribution in [2.45, 2.75) is 26.8 Å². The van der Waals surface area contributed by atoms with Crippen molar-refractivity contribution in [2.24, 2.45) is 17.6 Å². The number of hydrogen-bond donors (Lipinski definition) is 1. The van der Waals surface area contributed by atoms with E-state index in [4.69, 9.17) is 5.73 Å². The van der Waals surface area contributed by atoms with Crippen LogP contribution in [0.25, 0.3) is 0 Å². The van der Waals surface area contributed by atoms with Crippen molar-refractivity contribution in [3.63, 3.8) is 0 Å². The molecule has 96 valence electrons. The zero-order valence-corrected chi connectivity index (χ0v) is 11.3. The van der Waals surface area contributed by atoms with Crippen LogP contribution in [0.5, 0.6) is 0 Å². The summed E-state index contributed by atoms with van der Waals surface area (Å²) in [6.45, 7) is 7.32. The summed E-state index contributed by atoms with van der Waals surface area (Å²) in [7, 11) is 2.16. The lowest BCUT2D eigenvalue weighted by Crippen LogP contribution is -2.30. The quantitative estimate of drug-likeness (QED) is 0.787. The van der Waals surface area contributed by atoms with Crippen molar-refractivity contribution in [3.05, 3.63) is 30.1 Å². The van der Waals surface area contributed by atoms with Crippen molar-refractivity contribution in [1.82, 2.24) is 9.88 Å². The largest absolute Gasteiger partial charge is 0.330 e. The Bertz CT molecular complexity index is 298. The van der Waals surface area contributed by atoms with E-state index in [1.165, 1.54) is 12.0 Å². The van der Waals surface area contributed by atoms with Crippen LogP contribution in [0.3, 0.4) is 0 Å². The van der Waals surface area contributed by atoms with Gasteiger partial charge in [-0.1, -0.05) is 13.8 Å². The lowest BCUT2D eigenvalue weighted by Gasteiger charge is -2.24. The summed E-state index contributed by atoms with van der Waals surface area (Å²) >= 11 is 0. The monoisotopic (exact) mass is 235 g/mol. The normalized spacial score (nSPS) is 13.3. The average Bonchev–Trinajstić information content (AvgIpc) is 2.28. The Hall–Kier alpha value is -0.930. The van der Waals surface area contributed by atoms with Gasteiger partial charge in [-0.15, -0.1) is 0 Å². The summed E-state index contributed by atoms with van der Waals surface area (Å²) in [5.74, 6) is 1.32. The summed E-state index contributed by atoms with van der Waals surface area (Å²) in [5, 5.41) is 0. The molecule has 0 aromatic carbocycles. The van der Waals surface area contributed by atoms with Crippen LogP contribution in [-0.2, 0) is 6.54 Å². The molecule has 1 aromatic rings. The fourth-order valence-corrected chi connectivity index (χ4v) is 2.22. The van der Waals surface area contributed by atoms with Crippen molar-refractivity contribution in [1.29, 1.82) is 0 Å². The zero-order valence-electron chi connectivity index (χ0n) is 11.3. The molecule has 0 fully saturated rings. The highest BCUT2D eigenvalue weighted by Crippen LogP contribution is 2.12. The smallest absolute Gasteiger partial charge is 0.0271 e. The van der Waals surface area contributed by atoms with Gasteiger partial charge in [-0.05, 0) is 49.5 Å². The van der Waals surface area contributed by atoms with Crippen molar-refractivity contribution in [3.8, 4) is 0 Å². The topological polar surface area (TPSA) is 42.1 Å². The molecule has 1 heterocycles. The second kappa shape index (κ2) is 7.41. The van der Waals surface area contributed by atoms with Gasteiger partial charge in [0.1, 0.15) is 0 Å². The minimum atomic E-state index is 0.599. The first-order valence-electron chi connectivity index (χ1n) is 6.39. The Balaban J connectivity index is 2.40. The van der Waals surface area contributed by atoms with Crippen LogP contribution in [0.2, 0.25) is 0 Å². The summed E-state index contributed by atoms with van der Waals surface area (Å²) in [4.78, 5) is 6.37. The maximum atomic E-state index is 5.83. The van der Waals surface area contributed by atoms with Crippen molar-refractivity contribution >= 4 is 0 Å². The van der Waals surface area contributed by atoms with Gasteiger partial charge < -0.3 is 10.6 Å². The highest BCUT2D eigenvalue weighted by atomic mass is 15.1. The molecular formula is C14H25N3. The Morgan fingerprint density at radius 2 is 1.94 bits per heavy atom. The minimum absolute atomic E-state index is 0.599. The van der Waals surface area contributed by atoms with E-state index >= 15 is 0 Å². The first-order chi connectivity index (χ1) is 8.11. The van der Waals surface area contributed by atoms with E-state index in [-0.39, 0.29) is 0 Å². The molecule has 0 bridgehead atoms. The van der Waals surface area contributed by atoms with Gasteiger partial charge in [0, 0.05) is 25.5 Å². The second-order valence-corrected chi connectivity index (χ2v) is 5.28. The van der Waals surface area contributed by atoms with Gasteiger partial charge in [-0.25, -0.2) is 0 Å². The minimum Gasteiger partial charge on any atom is -0.330 e. The number of aromatic nitrogens is 1. The number of nitrogens with two attached hydrogens (primary N) is 1. The third kappa shape index (κ3) is 5.80. The van der Waals surface area contributed by atoms with Crippen LogP contribution in [0.1, 0.15) is 25.8 Å². The first kappa shape index (κ1) is 14.1. The van der Waals surface area contributed by atoms with Crippen LogP contribution in [-0.4, -0.2) is 30.0 Å². The molecule has 0 spiro atoms. The van der Waals surface area contributed by atoms with E-state index in [2.05, 4.69) is 42.9 Å². The number of hydrogen-bond acceptors (Lipinski definition) is 3. The summed E-state index contributed by atoms with van der Waals surface area (Å²) in [6.07, 6.45) is 4.90. The van der Waals surface area contributed by atoms with Gasteiger partial charge in [0.15, 0.2) is 0 Å². The predicted molar refractivity (Wildman–Crippen MR) is 72.6 cm³/mol. The number of pyridine rings is 1. The Kier molecular flexibility index (Phi) is 6.16. The molecule has 1 aromatic heterocycles. The highest BCUT2D eigenvalue weighted by Gasteiger charge is 2.12. The van der Waals surface area contributed by atoms with E-state index in [9.17, 15) is 0 Å². The average molecular weight is 235 g/mol. The molecule has 1 atom stereocenters. The predicted octanol–water partition coefficient (Wildman–Crippen LogP) is 2.13. The molecule has 0 saturated heterocycles. The standard InChI is InChI=1S/C14H25N3/c1-12(2)8-14(9-15)11-17(3)10-13-4-6-16-7-5-13/h4-7,12,14H,8-11,15H2,1-3H3. The lowest BCUT2D eigenvalue weighted by molar-refractivity contribution is 0.250. The van der Waals surface area contributed by atoms with E-state index < -0.39 is 0 Å². The first-order valence-corrected chi connectivity index (χ1v) is 6.39. The molecule has 1 unspecified atom stereocenters. The lowest BCUT2D eigenvalue weighted by atomic mass is 9.96. The van der Waals surface area contributed by atoms with Gasteiger partial charge in [-0.3, -0.25) is 4.98 Å². The zero-order chi connectivity index (χ0) is 12.7. The maximum Gasteiger partial charge on any atom is 0.0271 e. The molecule has 0 aliphatic heterocycles. The number of rotatable bonds is 7. The molecule has 17 heavy (non-hydrogen) atoms. The molecule has 1 rings (SSSR count). The summed E-state index contributed by atoms with van der Waals surface area (Å²) < 4.78 is 0. The molecule has 2 N–H and O–H groups in total. The van der Waals surface area contributed by atoms with Gasteiger partial charge in [0.05, 0.1) is 0 Å². The SMILES string of the molecule is CC(C)CC(CN)CN(C)Cc1ccncc1. The van der Waals surface area contributed by atoms with E-state index in [0.29, 0.717) is 5.92 Å². The maximum absolute atomic E-state index is 5.83. The third-order valence-corrected chi connectivity index (χ3v) is 2.91. The Morgan fingerprint density at radius 1 is 1.29 bits per heavy atom. The second-order valence-electron chi connectivity index (χ2n) is 5.28. The van der Waals surface area contributed by atoms with Crippen molar-refractivity contribution in [2.75, 3.05) is 20.1 Å². The van der Waals surface area contributed by atoms with E-state index in [0.717, 1.165) is 25.6 Å². The molecular weight excluding hydrogens is 210 g/mol. The van der Waals surface area contributed by atoms with E-state index in [1.54, 1.807) is 0 Å². The Morgan fingerprint density at radius 3 is 2.47 bits per heavy atom. The molecule has 0 aliphatic carbocycles. The molecule has 0 saturated carbocycles. The van der Waals surface area contributed by atoms with Crippen LogP contribution in [0.15, 0.2) is 24.5 Å². The van der Waals surface area contributed by atoms with Crippen LogP contribution < -0.4 is 5.73 Å². The molecule has 0 aliphatic rings. The van der Waals surface area contributed by atoms with E-state index in [1.807, 2.05) is 12.4 Å². The molecule has 0 amide bonds. The fourth-order valence-electron chi connectivity index (χ4n) is 2.22. The molecule has 3 nitrogen and oxygen atoms in total. The molecule has 0 radical (unpaired) electrons. The van der Waals surface area contributed by atoms with Gasteiger partial charge in [-0.2, -0.15) is 0 Å². The van der Waals surface area contributed by atoms with Gasteiger partial charge >= 0.3 is 0 Å². The van der Waals surface area contributed by atoms with Crippen LogP contribution >= 0.6 is 0 Å². The summed E-state index contributed by atoms with van der Waals surface area (Å²) in [5.41, 5.74) is 7.13. The van der Waals surface area contributed by atoms with Crippen molar-refractivity contribution < 1.29 is 0 Å². The highest BCUT2D eigenvalue weighted by molar-refractivity contribution is 5.09. The van der Waals surface area contributed by atoms with Crippen LogP contribution in [0, 0.1) is 11.8 Å².